The maximum absolute atomic E-state index is 10.7. The average Bonchev–Trinajstić information content (AvgIpc) is 2.91. The summed E-state index contributed by atoms with van der Waals surface area (Å²) in [5.74, 6) is 1.31. The van der Waals surface area contributed by atoms with Crippen LogP contribution >= 0.6 is 0 Å². The highest BCUT2D eigenvalue weighted by molar-refractivity contribution is 5.53. The maximum atomic E-state index is 10.7. The van der Waals surface area contributed by atoms with Crippen LogP contribution in [0.15, 0.2) is 48.5 Å². The maximum Gasteiger partial charge on any atom is 0.121 e. The summed E-state index contributed by atoms with van der Waals surface area (Å²) < 4.78 is 0. The van der Waals surface area contributed by atoms with Crippen molar-refractivity contribution < 1.29 is 20.4 Å². The van der Waals surface area contributed by atoms with Gasteiger partial charge in [-0.3, -0.25) is 0 Å². The van der Waals surface area contributed by atoms with Crippen molar-refractivity contribution in [1.29, 1.82) is 0 Å². The van der Waals surface area contributed by atoms with Gasteiger partial charge in [-0.2, -0.15) is 0 Å². The molecule has 0 saturated carbocycles. The molecule has 0 unspecified atom stereocenters. The second-order valence-electron chi connectivity index (χ2n) is 12.2. The molecule has 0 radical (unpaired) electrons. The minimum absolute atomic E-state index is 0.315. The van der Waals surface area contributed by atoms with Gasteiger partial charge in [0.1, 0.15) is 23.0 Å². The van der Waals surface area contributed by atoms with Crippen LogP contribution in [0.3, 0.4) is 0 Å². The van der Waals surface area contributed by atoms with Crippen molar-refractivity contribution >= 4 is 0 Å². The summed E-state index contributed by atoms with van der Waals surface area (Å²) in [6.07, 6.45) is 3.15. The lowest BCUT2D eigenvalue weighted by Crippen LogP contribution is -2.30. The Labute approximate surface area is 245 Å². The second-order valence-corrected chi connectivity index (χ2v) is 12.2. The third-order valence-corrected chi connectivity index (χ3v) is 8.87. The molecule has 0 atom stereocenters. The van der Waals surface area contributed by atoms with Crippen LogP contribution in [0.25, 0.3) is 0 Å². The summed E-state index contributed by atoms with van der Waals surface area (Å²) in [6, 6.07) is 16.7. The normalized spacial score (nSPS) is 11.7. The van der Waals surface area contributed by atoms with Crippen molar-refractivity contribution in [3.63, 3.8) is 0 Å². The van der Waals surface area contributed by atoms with Crippen molar-refractivity contribution in [3.8, 4) is 23.0 Å². The van der Waals surface area contributed by atoms with Gasteiger partial charge in [0, 0.05) is 5.41 Å². The second kappa shape index (κ2) is 11.5. The van der Waals surface area contributed by atoms with Crippen molar-refractivity contribution in [2.75, 3.05) is 0 Å². The first-order chi connectivity index (χ1) is 19.2. The molecule has 0 aliphatic carbocycles. The standard InChI is InChI=1S/C37H44O4/c1-21-13-29(14-22(2)33(21)38)9-11-37(31-17-25(5)35(40)26(6)18-31,32-19-27(7)36(41)28(8)20-32)12-10-30-15-23(3)34(39)24(4)16-30/h13-20,38-41H,9-12H2,1-8H3. The highest BCUT2D eigenvalue weighted by Crippen LogP contribution is 2.45. The van der Waals surface area contributed by atoms with Gasteiger partial charge in [0.15, 0.2) is 0 Å². The molecule has 0 fully saturated rings. The first-order valence-corrected chi connectivity index (χ1v) is 14.4. The molecule has 0 heterocycles. The summed E-state index contributed by atoms with van der Waals surface area (Å²) in [4.78, 5) is 0. The summed E-state index contributed by atoms with van der Waals surface area (Å²) in [6.45, 7) is 15.5. The molecule has 4 heteroatoms. The van der Waals surface area contributed by atoms with Gasteiger partial charge in [-0.15, -0.1) is 0 Å². The molecule has 4 aromatic carbocycles. The van der Waals surface area contributed by atoms with Crippen LogP contribution in [-0.2, 0) is 18.3 Å². The van der Waals surface area contributed by atoms with Gasteiger partial charge < -0.3 is 20.4 Å². The van der Waals surface area contributed by atoms with Crippen LogP contribution in [0.5, 0.6) is 23.0 Å². The van der Waals surface area contributed by atoms with Crippen molar-refractivity contribution in [3.05, 3.63) is 115 Å². The molecular formula is C37H44O4. The van der Waals surface area contributed by atoms with Crippen LogP contribution in [0.2, 0.25) is 0 Å². The van der Waals surface area contributed by atoms with E-state index in [0.717, 1.165) is 92.4 Å². The Morgan fingerprint density at radius 3 is 0.854 bits per heavy atom. The van der Waals surface area contributed by atoms with Crippen molar-refractivity contribution in [1.82, 2.24) is 0 Å². The lowest BCUT2D eigenvalue weighted by atomic mass is 9.66. The fourth-order valence-corrected chi connectivity index (χ4v) is 6.43. The Bertz CT molecular complexity index is 1400. The third-order valence-electron chi connectivity index (χ3n) is 8.87. The Hall–Kier alpha value is -3.92. The van der Waals surface area contributed by atoms with Crippen molar-refractivity contribution in [2.24, 2.45) is 0 Å². The number of aromatic hydroxyl groups is 4. The molecule has 0 amide bonds. The van der Waals surface area contributed by atoms with Gasteiger partial charge in [-0.05, 0) is 148 Å². The number of hydrogen-bond donors (Lipinski definition) is 4. The summed E-state index contributed by atoms with van der Waals surface area (Å²) in [5.41, 5.74) is 11.0. The fourth-order valence-electron chi connectivity index (χ4n) is 6.43. The molecule has 0 spiro atoms. The van der Waals surface area contributed by atoms with Crippen LogP contribution < -0.4 is 0 Å². The number of hydrogen-bond acceptors (Lipinski definition) is 4. The summed E-state index contributed by atoms with van der Waals surface area (Å²) in [7, 11) is 0. The molecule has 41 heavy (non-hydrogen) atoms. The van der Waals surface area contributed by atoms with E-state index in [-0.39, 0.29) is 0 Å². The molecule has 0 bridgehead atoms. The molecule has 4 rings (SSSR count). The predicted octanol–water partition coefficient (Wildman–Crippen LogP) is 8.53. The predicted molar refractivity (Wildman–Crippen MR) is 168 cm³/mol. The van der Waals surface area contributed by atoms with E-state index in [1.165, 1.54) is 0 Å². The van der Waals surface area contributed by atoms with Gasteiger partial charge in [0.05, 0.1) is 0 Å². The quantitative estimate of drug-likeness (QED) is 0.177. The van der Waals surface area contributed by atoms with Gasteiger partial charge in [-0.1, -0.05) is 48.5 Å². The van der Waals surface area contributed by atoms with E-state index in [2.05, 4.69) is 48.5 Å². The Kier molecular flexibility index (Phi) is 8.44. The van der Waals surface area contributed by atoms with E-state index >= 15 is 0 Å². The topological polar surface area (TPSA) is 80.9 Å². The van der Waals surface area contributed by atoms with E-state index in [0.29, 0.717) is 23.0 Å². The lowest BCUT2D eigenvalue weighted by molar-refractivity contribution is 0.427. The van der Waals surface area contributed by atoms with E-state index in [1.54, 1.807) is 0 Å². The number of benzene rings is 4. The van der Waals surface area contributed by atoms with E-state index < -0.39 is 5.41 Å². The van der Waals surface area contributed by atoms with E-state index in [1.807, 2.05) is 55.4 Å². The molecule has 4 N–H and O–H groups in total. The Morgan fingerprint density at radius 2 is 0.610 bits per heavy atom. The smallest absolute Gasteiger partial charge is 0.121 e. The van der Waals surface area contributed by atoms with Crippen molar-refractivity contribution in [2.45, 2.75) is 86.5 Å². The van der Waals surface area contributed by atoms with E-state index in [4.69, 9.17) is 0 Å². The zero-order valence-corrected chi connectivity index (χ0v) is 25.7. The minimum atomic E-state index is -0.439. The SMILES string of the molecule is Cc1cc(CCC(CCc2cc(C)c(O)c(C)c2)(c2cc(C)c(O)c(C)c2)c2cc(C)c(O)c(C)c2)cc(C)c1O. The highest BCUT2D eigenvalue weighted by atomic mass is 16.3. The van der Waals surface area contributed by atoms with Crippen LogP contribution in [-0.4, -0.2) is 20.4 Å². The van der Waals surface area contributed by atoms with Crippen LogP contribution in [0.1, 0.15) is 79.6 Å². The molecule has 0 aromatic heterocycles. The highest BCUT2D eigenvalue weighted by Gasteiger charge is 2.35. The monoisotopic (exact) mass is 552 g/mol. The number of phenols is 4. The Balaban J connectivity index is 1.94. The van der Waals surface area contributed by atoms with Crippen LogP contribution in [0, 0.1) is 55.4 Å². The first kappa shape index (κ1) is 30.0. The molecular weight excluding hydrogens is 508 g/mol. The Morgan fingerprint density at radius 1 is 0.390 bits per heavy atom. The largest absolute Gasteiger partial charge is 0.507 e. The van der Waals surface area contributed by atoms with Gasteiger partial charge in [-0.25, -0.2) is 0 Å². The van der Waals surface area contributed by atoms with Gasteiger partial charge >= 0.3 is 0 Å². The number of phenolic OH excluding ortho intramolecular Hbond substituents is 4. The van der Waals surface area contributed by atoms with Crippen LogP contribution in [0.4, 0.5) is 0 Å². The lowest BCUT2D eigenvalue weighted by Gasteiger charge is -2.37. The van der Waals surface area contributed by atoms with Gasteiger partial charge in [0.25, 0.3) is 0 Å². The average molecular weight is 553 g/mol. The fraction of sp³-hybridized carbons (Fsp3) is 0.351. The van der Waals surface area contributed by atoms with E-state index in [9.17, 15) is 20.4 Å². The zero-order chi connectivity index (χ0) is 30.2. The summed E-state index contributed by atoms with van der Waals surface area (Å²) >= 11 is 0. The third kappa shape index (κ3) is 5.93. The number of rotatable bonds is 8. The molecule has 0 aliphatic heterocycles. The molecule has 0 saturated heterocycles. The van der Waals surface area contributed by atoms with Gasteiger partial charge in [0.2, 0.25) is 0 Å². The summed E-state index contributed by atoms with van der Waals surface area (Å²) in [5, 5.41) is 42.2. The molecule has 0 aliphatic rings. The molecule has 216 valence electrons. The first-order valence-electron chi connectivity index (χ1n) is 14.4. The zero-order valence-electron chi connectivity index (χ0n) is 25.7. The minimum Gasteiger partial charge on any atom is -0.507 e. The molecule has 4 aromatic rings. The number of aryl methyl sites for hydroxylation is 10. The molecule has 4 nitrogen and oxygen atoms in total.